The Bertz CT molecular complexity index is 363. The van der Waals surface area contributed by atoms with E-state index in [0.717, 1.165) is 18.9 Å². The fraction of sp³-hybridized carbons (Fsp3) is 0.400. The third-order valence-electron chi connectivity index (χ3n) is 2.24. The molecule has 15 heavy (non-hydrogen) atoms. The van der Waals surface area contributed by atoms with Crippen molar-refractivity contribution in [2.24, 2.45) is 0 Å². The van der Waals surface area contributed by atoms with Crippen molar-refractivity contribution in [2.75, 3.05) is 13.2 Å². The van der Waals surface area contributed by atoms with Gasteiger partial charge in [-0.05, 0) is 12.1 Å². The fourth-order valence-corrected chi connectivity index (χ4v) is 1.30. The summed E-state index contributed by atoms with van der Waals surface area (Å²) in [6.07, 6.45) is 0. The van der Waals surface area contributed by atoms with Gasteiger partial charge in [0.15, 0.2) is 0 Å². The van der Waals surface area contributed by atoms with Gasteiger partial charge in [0.1, 0.15) is 5.69 Å². The average molecular weight is 208 g/mol. The van der Waals surface area contributed by atoms with E-state index in [2.05, 4.69) is 10.3 Å². The highest BCUT2D eigenvalue weighted by molar-refractivity contribution is 5.85. The molecule has 5 heteroatoms. The minimum atomic E-state index is -0.996. The molecular formula is C10H12N2O3. The van der Waals surface area contributed by atoms with Crippen LogP contribution in [0.5, 0.6) is 0 Å². The van der Waals surface area contributed by atoms with E-state index in [9.17, 15) is 4.79 Å². The quantitative estimate of drug-likeness (QED) is 0.743. The molecule has 5 nitrogen and oxygen atoms in total. The molecule has 2 N–H and O–H groups in total. The maximum Gasteiger partial charge on any atom is 0.354 e. The zero-order valence-electron chi connectivity index (χ0n) is 8.14. The highest BCUT2D eigenvalue weighted by Crippen LogP contribution is 2.03. The van der Waals surface area contributed by atoms with Crippen molar-refractivity contribution in [3.8, 4) is 0 Å². The van der Waals surface area contributed by atoms with Crippen molar-refractivity contribution in [3.05, 3.63) is 29.6 Å². The van der Waals surface area contributed by atoms with E-state index in [0.29, 0.717) is 12.6 Å². The van der Waals surface area contributed by atoms with Crippen LogP contribution in [0.25, 0.3) is 0 Å². The largest absolute Gasteiger partial charge is 0.477 e. The molecule has 0 atom stereocenters. The molecule has 2 rings (SSSR count). The number of hydrogen-bond acceptors (Lipinski definition) is 4. The van der Waals surface area contributed by atoms with E-state index in [1.165, 1.54) is 6.07 Å². The van der Waals surface area contributed by atoms with Crippen LogP contribution >= 0.6 is 0 Å². The molecule has 1 aliphatic heterocycles. The zero-order chi connectivity index (χ0) is 10.7. The predicted molar refractivity (Wildman–Crippen MR) is 52.6 cm³/mol. The maximum atomic E-state index is 10.7. The van der Waals surface area contributed by atoms with Crippen LogP contribution in [-0.4, -0.2) is 35.3 Å². The lowest BCUT2D eigenvalue weighted by Crippen LogP contribution is -2.45. The van der Waals surface area contributed by atoms with Gasteiger partial charge in [-0.15, -0.1) is 0 Å². The molecule has 1 aromatic rings. The Morgan fingerprint density at radius 3 is 3.00 bits per heavy atom. The second-order valence-corrected chi connectivity index (χ2v) is 3.43. The Morgan fingerprint density at radius 2 is 2.40 bits per heavy atom. The van der Waals surface area contributed by atoms with Crippen molar-refractivity contribution in [2.45, 2.75) is 12.6 Å². The smallest absolute Gasteiger partial charge is 0.354 e. The van der Waals surface area contributed by atoms with Crippen LogP contribution in [0.15, 0.2) is 18.2 Å². The number of pyridine rings is 1. The van der Waals surface area contributed by atoms with E-state index < -0.39 is 5.97 Å². The van der Waals surface area contributed by atoms with Gasteiger partial charge >= 0.3 is 5.97 Å². The van der Waals surface area contributed by atoms with Crippen molar-refractivity contribution >= 4 is 5.97 Å². The van der Waals surface area contributed by atoms with E-state index in [4.69, 9.17) is 9.84 Å². The topological polar surface area (TPSA) is 71.5 Å². The molecule has 1 fully saturated rings. The normalized spacial score (nSPS) is 16.0. The molecule has 0 unspecified atom stereocenters. The first-order valence-corrected chi connectivity index (χ1v) is 4.76. The van der Waals surface area contributed by atoms with Gasteiger partial charge in [-0.2, -0.15) is 0 Å². The molecular weight excluding hydrogens is 196 g/mol. The van der Waals surface area contributed by atoms with Gasteiger partial charge in [0.2, 0.25) is 0 Å². The van der Waals surface area contributed by atoms with Gasteiger partial charge < -0.3 is 15.2 Å². The Balaban J connectivity index is 1.94. The van der Waals surface area contributed by atoms with Gasteiger partial charge in [0, 0.05) is 6.54 Å². The van der Waals surface area contributed by atoms with Crippen LogP contribution in [0.1, 0.15) is 16.2 Å². The van der Waals surface area contributed by atoms with Gasteiger partial charge in [-0.1, -0.05) is 6.07 Å². The number of carboxylic acids is 1. The molecule has 0 bridgehead atoms. The van der Waals surface area contributed by atoms with Crippen LogP contribution in [0, 0.1) is 0 Å². The molecule has 0 radical (unpaired) electrons. The summed E-state index contributed by atoms with van der Waals surface area (Å²) in [5.41, 5.74) is 0.820. The first-order chi connectivity index (χ1) is 7.25. The van der Waals surface area contributed by atoms with E-state index in [1.54, 1.807) is 12.1 Å². The lowest BCUT2D eigenvalue weighted by molar-refractivity contribution is -0.00592. The average Bonchev–Trinajstić information content (AvgIpc) is 2.16. The monoisotopic (exact) mass is 208 g/mol. The van der Waals surface area contributed by atoms with Crippen molar-refractivity contribution in [1.29, 1.82) is 0 Å². The minimum Gasteiger partial charge on any atom is -0.477 e. The minimum absolute atomic E-state index is 0.0826. The van der Waals surface area contributed by atoms with E-state index >= 15 is 0 Å². The number of carbonyl (C=O) groups is 1. The van der Waals surface area contributed by atoms with Crippen molar-refractivity contribution in [1.82, 2.24) is 10.3 Å². The van der Waals surface area contributed by atoms with E-state index in [1.807, 2.05) is 0 Å². The van der Waals surface area contributed by atoms with Gasteiger partial charge in [-0.3, -0.25) is 0 Å². The molecule has 2 heterocycles. The first kappa shape index (κ1) is 10.1. The summed E-state index contributed by atoms with van der Waals surface area (Å²) in [6, 6.07) is 5.36. The lowest BCUT2D eigenvalue weighted by atomic mass is 10.2. The van der Waals surface area contributed by atoms with Crippen LogP contribution in [0.2, 0.25) is 0 Å². The predicted octanol–water partition coefficient (Wildman–Crippen LogP) is 0.268. The number of rotatable bonds is 4. The Labute approximate surface area is 87.1 Å². The third kappa shape index (κ3) is 2.51. The summed E-state index contributed by atoms with van der Waals surface area (Å²) in [5.74, 6) is -0.996. The Hall–Kier alpha value is -1.46. The molecule has 1 aromatic heterocycles. The van der Waals surface area contributed by atoms with Crippen LogP contribution in [-0.2, 0) is 11.3 Å². The van der Waals surface area contributed by atoms with Crippen molar-refractivity contribution < 1.29 is 14.6 Å². The number of ether oxygens (including phenoxy) is 1. The molecule has 1 saturated heterocycles. The van der Waals surface area contributed by atoms with Gasteiger partial charge in [0.25, 0.3) is 0 Å². The molecule has 1 aliphatic rings. The number of hydrogen-bond donors (Lipinski definition) is 2. The number of carboxylic acid groups (broad SMARTS) is 1. The van der Waals surface area contributed by atoms with Gasteiger partial charge in [0.05, 0.1) is 24.9 Å². The SMILES string of the molecule is O=C(O)c1cccc(CNC2COC2)n1. The maximum absolute atomic E-state index is 10.7. The molecule has 80 valence electrons. The summed E-state index contributed by atoms with van der Waals surface area (Å²) in [4.78, 5) is 14.7. The van der Waals surface area contributed by atoms with Crippen LogP contribution in [0.4, 0.5) is 0 Å². The van der Waals surface area contributed by atoms with Crippen LogP contribution < -0.4 is 5.32 Å². The second-order valence-electron chi connectivity index (χ2n) is 3.43. The fourth-order valence-electron chi connectivity index (χ4n) is 1.30. The number of aromatic carboxylic acids is 1. The zero-order valence-corrected chi connectivity index (χ0v) is 8.14. The summed E-state index contributed by atoms with van der Waals surface area (Å²) in [5, 5.41) is 12.0. The van der Waals surface area contributed by atoms with Crippen LogP contribution in [0.3, 0.4) is 0 Å². The lowest BCUT2D eigenvalue weighted by Gasteiger charge is -2.26. The standard InChI is InChI=1S/C10H12N2O3/c13-10(14)9-3-1-2-7(12-9)4-11-8-5-15-6-8/h1-3,8,11H,4-6H2,(H,13,14). The highest BCUT2D eigenvalue weighted by atomic mass is 16.5. The Kier molecular flexibility index (Phi) is 2.94. The summed E-state index contributed by atoms with van der Waals surface area (Å²) >= 11 is 0. The molecule has 0 aromatic carbocycles. The summed E-state index contributed by atoms with van der Waals surface area (Å²) in [6.45, 7) is 2.02. The number of aromatic nitrogens is 1. The molecule has 0 aliphatic carbocycles. The Morgan fingerprint density at radius 1 is 1.60 bits per heavy atom. The number of nitrogens with one attached hydrogen (secondary N) is 1. The highest BCUT2D eigenvalue weighted by Gasteiger charge is 2.17. The summed E-state index contributed by atoms with van der Waals surface area (Å²) < 4.78 is 5.01. The first-order valence-electron chi connectivity index (χ1n) is 4.76. The van der Waals surface area contributed by atoms with Gasteiger partial charge in [-0.25, -0.2) is 9.78 Å². The molecule has 0 saturated carbocycles. The van der Waals surface area contributed by atoms with E-state index in [-0.39, 0.29) is 5.69 Å². The summed E-state index contributed by atoms with van der Waals surface area (Å²) in [7, 11) is 0. The third-order valence-corrected chi connectivity index (χ3v) is 2.24. The molecule has 0 amide bonds. The molecule has 0 spiro atoms. The number of nitrogens with zero attached hydrogens (tertiary/aromatic N) is 1. The van der Waals surface area contributed by atoms with Crippen molar-refractivity contribution in [3.63, 3.8) is 0 Å². The second kappa shape index (κ2) is 4.37.